The Bertz CT molecular complexity index is 2120. The van der Waals surface area contributed by atoms with Gasteiger partial charge in [0.1, 0.15) is 17.7 Å². The molecule has 4 atom stereocenters. The summed E-state index contributed by atoms with van der Waals surface area (Å²) >= 11 is 0. The van der Waals surface area contributed by atoms with Gasteiger partial charge in [-0.1, -0.05) is 57.2 Å². The van der Waals surface area contributed by atoms with Gasteiger partial charge in [0.05, 0.1) is 23.6 Å². The Morgan fingerprint density at radius 2 is 1.64 bits per heavy atom. The molecule has 0 bridgehead atoms. The van der Waals surface area contributed by atoms with Crippen LogP contribution in [0.5, 0.6) is 5.75 Å². The number of nitrogens with zero attached hydrogens (tertiary/aromatic N) is 7. The summed E-state index contributed by atoms with van der Waals surface area (Å²) in [5.41, 5.74) is 5.87. The summed E-state index contributed by atoms with van der Waals surface area (Å²) in [6, 6.07) is 23.1. The summed E-state index contributed by atoms with van der Waals surface area (Å²) in [5.74, 6) is 2.29. The largest absolute Gasteiger partial charge is 0.484 e. The van der Waals surface area contributed by atoms with E-state index in [0.717, 1.165) is 85.2 Å². The molecule has 2 saturated heterocycles. The predicted octanol–water partition coefficient (Wildman–Crippen LogP) is 8.05. The highest BCUT2D eigenvalue weighted by Gasteiger charge is 2.32. The average Bonchev–Trinajstić information content (AvgIpc) is 3.94. The number of aromatic nitrogens is 5. The summed E-state index contributed by atoms with van der Waals surface area (Å²) in [6.07, 6.45) is 9.42. The minimum Gasteiger partial charge on any atom is -0.484 e. The van der Waals surface area contributed by atoms with Crippen molar-refractivity contribution >= 4 is 29.9 Å². The van der Waals surface area contributed by atoms with Crippen LogP contribution >= 0.6 is 0 Å². The fourth-order valence-electron chi connectivity index (χ4n) is 8.44. The zero-order chi connectivity index (χ0) is 39.4. The lowest BCUT2D eigenvalue weighted by molar-refractivity contribution is -0.122. The third-order valence-corrected chi connectivity index (χ3v) is 11.3. The molecule has 296 valence electrons. The summed E-state index contributed by atoms with van der Waals surface area (Å²) < 4.78 is 10.7. The van der Waals surface area contributed by atoms with Crippen LogP contribution in [0.3, 0.4) is 0 Å². The fourth-order valence-corrected chi connectivity index (χ4v) is 8.44. The van der Waals surface area contributed by atoms with E-state index in [1.54, 1.807) is 0 Å². The Labute approximate surface area is 329 Å². The van der Waals surface area contributed by atoms with Crippen LogP contribution in [0.4, 0.5) is 16.6 Å². The SMILES string of the molecule is C[C@@H]1CCC[C@H](C)N1c1nnc2ccc(O[C@@H]3CC[C@H](NC(=O)Nc4cc(C(C)(C)C)nn4-c4cccc(CN5CCCC5)c4)c4ccccc43)cn12.O=CO. The van der Waals surface area contributed by atoms with E-state index in [-0.39, 0.29) is 30.1 Å². The molecule has 2 fully saturated rings. The molecule has 0 spiro atoms. The van der Waals surface area contributed by atoms with Crippen LogP contribution in [0.2, 0.25) is 0 Å². The molecule has 13 heteroatoms. The van der Waals surface area contributed by atoms with Crippen molar-refractivity contribution in [1.29, 1.82) is 0 Å². The number of amides is 2. The minimum absolute atomic E-state index is 0.152. The van der Waals surface area contributed by atoms with Gasteiger partial charge in [-0.05, 0) is 113 Å². The average molecular weight is 762 g/mol. The molecule has 2 aromatic carbocycles. The lowest BCUT2D eigenvalue weighted by atomic mass is 9.85. The second kappa shape index (κ2) is 16.7. The molecule has 5 aromatic rings. The van der Waals surface area contributed by atoms with Crippen molar-refractivity contribution in [3.63, 3.8) is 0 Å². The Kier molecular flexibility index (Phi) is 11.6. The molecule has 2 aliphatic heterocycles. The zero-order valence-electron chi connectivity index (χ0n) is 33.2. The summed E-state index contributed by atoms with van der Waals surface area (Å²) in [5, 5.41) is 27.4. The number of fused-ring (bicyclic) bond motifs is 2. The van der Waals surface area contributed by atoms with Crippen molar-refractivity contribution < 1.29 is 19.4 Å². The molecule has 2 amide bonds. The summed E-state index contributed by atoms with van der Waals surface area (Å²) in [4.78, 5) is 27.0. The second-order valence-corrected chi connectivity index (χ2v) is 16.4. The number of piperidine rings is 1. The van der Waals surface area contributed by atoms with Gasteiger partial charge in [0.25, 0.3) is 6.47 Å². The number of nitrogens with one attached hydrogen (secondary N) is 2. The second-order valence-electron chi connectivity index (χ2n) is 16.4. The van der Waals surface area contributed by atoms with Crippen LogP contribution in [0.25, 0.3) is 11.3 Å². The molecule has 3 aromatic heterocycles. The number of rotatable bonds is 8. The Balaban J connectivity index is 0.00000155. The smallest absolute Gasteiger partial charge is 0.320 e. The molecule has 13 nitrogen and oxygen atoms in total. The first kappa shape index (κ1) is 38.8. The van der Waals surface area contributed by atoms with Crippen LogP contribution in [0.15, 0.2) is 72.9 Å². The van der Waals surface area contributed by atoms with E-state index < -0.39 is 0 Å². The number of likely N-dealkylation sites (tertiary alicyclic amines) is 1. The highest BCUT2D eigenvalue weighted by atomic mass is 16.5. The molecule has 1 aliphatic carbocycles. The quantitative estimate of drug-likeness (QED) is 0.134. The fraction of sp³-hybridized carbons (Fsp3) is 0.465. The van der Waals surface area contributed by atoms with Crippen LogP contribution in [0.1, 0.15) is 114 Å². The van der Waals surface area contributed by atoms with Gasteiger partial charge in [0.15, 0.2) is 5.65 Å². The van der Waals surface area contributed by atoms with Crippen LogP contribution in [0, 0.1) is 0 Å². The number of ether oxygens (including phenoxy) is 1. The third-order valence-electron chi connectivity index (χ3n) is 11.3. The van der Waals surface area contributed by atoms with E-state index in [1.165, 1.54) is 24.8 Å². The number of pyridine rings is 1. The molecular formula is C43H55N9O4. The van der Waals surface area contributed by atoms with Gasteiger partial charge in [0.2, 0.25) is 5.95 Å². The van der Waals surface area contributed by atoms with Crippen molar-refractivity contribution in [1.82, 2.24) is 34.6 Å². The number of hydrogen-bond donors (Lipinski definition) is 3. The van der Waals surface area contributed by atoms with Crippen LogP contribution in [-0.4, -0.2) is 72.1 Å². The van der Waals surface area contributed by atoms with Gasteiger partial charge in [0, 0.05) is 30.1 Å². The number of benzene rings is 2. The number of carboxylic acid groups (broad SMARTS) is 1. The van der Waals surface area contributed by atoms with Crippen molar-refractivity contribution in [3.05, 3.63) is 95.3 Å². The molecule has 5 heterocycles. The molecule has 8 rings (SSSR count). The third kappa shape index (κ3) is 8.52. The van der Waals surface area contributed by atoms with E-state index in [1.807, 2.05) is 41.2 Å². The number of carbonyl (C=O) groups is 2. The van der Waals surface area contributed by atoms with Crippen molar-refractivity contribution in [2.24, 2.45) is 0 Å². The Morgan fingerprint density at radius 1 is 0.911 bits per heavy atom. The highest BCUT2D eigenvalue weighted by Crippen LogP contribution is 2.39. The van der Waals surface area contributed by atoms with Gasteiger partial charge in [-0.3, -0.25) is 19.4 Å². The first-order valence-electron chi connectivity index (χ1n) is 20.0. The maximum atomic E-state index is 13.8. The van der Waals surface area contributed by atoms with Crippen LogP contribution in [-0.2, 0) is 16.8 Å². The summed E-state index contributed by atoms with van der Waals surface area (Å²) in [6.45, 7) is 13.9. The normalized spacial score (nSPS) is 21.2. The van der Waals surface area contributed by atoms with Gasteiger partial charge < -0.3 is 20.1 Å². The van der Waals surface area contributed by atoms with Crippen LogP contribution < -0.4 is 20.3 Å². The van der Waals surface area contributed by atoms with E-state index in [4.69, 9.17) is 19.7 Å². The first-order chi connectivity index (χ1) is 27.0. The molecule has 0 radical (unpaired) electrons. The molecule has 3 N–H and O–H groups in total. The molecular weight excluding hydrogens is 707 g/mol. The minimum atomic E-state index is -0.259. The monoisotopic (exact) mass is 761 g/mol. The van der Waals surface area contributed by atoms with E-state index >= 15 is 0 Å². The Hall–Kier alpha value is -5.43. The molecule has 3 aliphatic rings. The van der Waals surface area contributed by atoms with Gasteiger partial charge >= 0.3 is 6.03 Å². The van der Waals surface area contributed by atoms with Crippen molar-refractivity contribution in [2.45, 2.75) is 116 Å². The zero-order valence-corrected chi connectivity index (χ0v) is 33.2. The van der Waals surface area contributed by atoms with E-state index in [2.05, 4.69) is 106 Å². The van der Waals surface area contributed by atoms with E-state index in [0.29, 0.717) is 17.9 Å². The maximum absolute atomic E-state index is 13.8. The van der Waals surface area contributed by atoms with Crippen molar-refractivity contribution in [3.8, 4) is 11.4 Å². The lowest BCUT2D eigenvalue weighted by Crippen LogP contribution is -2.44. The topological polar surface area (TPSA) is 142 Å². The molecule has 0 saturated carbocycles. The first-order valence-corrected chi connectivity index (χ1v) is 20.0. The summed E-state index contributed by atoms with van der Waals surface area (Å²) in [7, 11) is 0. The Morgan fingerprint density at radius 3 is 2.38 bits per heavy atom. The van der Waals surface area contributed by atoms with Gasteiger partial charge in [-0.15, -0.1) is 10.2 Å². The van der Waals surface area contributed by atoms with Crippen molar-refractivity contribution in [2.75, 3.05) is 23.3 Å². The highest BCUT2D eigenvalue weighted by molar-refractivity contribution is 5.89. The molecule has 56 heavy (non-hydrogen) atoms. The standard InChI is InChI=1S/C42H53N9O2.CH2O2/c1-28-12-10-13-29(2)50(28)41-46-45-38-21-18-32(27-49(38)41)53-36-20-19-35(33-16-6-7-17-34(33)36)43-40(52)44-39-25-37(42(3,4)5)47-51(39)31-15-11-14-30(24-31)26-48-22-8-9-23-48;2-1-3/h6-7,11,14-18,21,24-25,27-29,35-36H,8-10,12-13,19-20,22-23,26H2,1-5H3,(H2,43,44,52);1H,(H,2,3)/t28-,29+,35-,36+;/m0./s1. The van der Waals surface area contributed by atoms with Gasteiger partial charge in [-0.25, -0.2) is 9.48 Å². The number of urea groups is 1. The number of carbonyl (C=O) groups excluding carboxylic acids is 1. The van der Waals surface area contributed by atoms with Gasteiger partial charge in [-0.2, -0.15) is 5.10 Å². The lowest BCUT2D eigenvalue weighted by Gasteiger charge is -2.39. The number of hydrogen-bond acceptors (Lipinski definition) is 8. The van der Waals surface area contributed by atoms with E-state index in [9.17, 15) is 4.79 Å². The maximum Gasteiger partial charge on any atom is 0.320 e. The number of anilines is 2. The molecule has 0 unspecified atom stereocenters. The predicted molar refractivity (Wildman–Crippen MR) is 218 cm³/mol.